The molecule has 0 unspecified atom stereocenters. The van der Waals surface area contributed by atoms with Gasteiger partial charge in [-0.3, -0.25) is 0 Å². The van der Waals surface area contributed by atoms with E-state index in [1.807, 2.05) is 19.1 Å². The molecule has 0 aromatic heterocycles. The Hall–Kier alpha value is -1.50. The molecule has 0 aliphatic carbocycles. The maximum Gasteiger partial charge on any atom is 0.161 e. The van der Waals surface area contributed by atoms with Gasteiger partial charge in [-0.2, -0.15) is 0 Å². The maximum atomic E-state index is 8.72. The number of ether oxygens (including phenoxy) is 2. The van der Waals surface area contributed by atoms with Gasteiger partial charge in [-0.1, -0.05) is 35.9 Å². The van der Waals surface area contributed by atoms with E-state index in [0.717, 1.165) is 43.1 Å². The second kappa shape index (κ2) is 16.3. The lowest BCUT2D eigenvalue weighted by Crippen LogP contribution is -2.23. The molecular weight excluding hydrogens is 411 g/mol. The van der Waals surface area contributed by atoms with Crippen molar-refractivity contribution in [2.45, 2.75) is 33.4 Å². The second-order valence-corrected chi connectivity index (χ2v) is 6.49. The summed E-state index contributed by atoms with van der Waals surface area (Å²) in [6, 6.07) is 14.5. The van der Waals surface area contributed by atoms with Crippen LogP contribution in [0.5, 0.6) is 11.5 Å². The monoisotopic (exact) mass is 444 g/mol. The van der Waals surface area contributed by atoms with E-state index in [2.05, 4.69) is 47.9 Å². The zero-order chi connectivity index (χ0) is 19.3. The molecule has 5 nitrogen and oxygen atoms in total. The van der Waals surface area contributed by atoms with Crippen LogP contribution in [0, 0.1) is 6.92 Å². The van der Waals surface area contributed by atoms with Gasteiger partial charge in [0.15, 0.2) is 11.5 Å². The van der Waals surface area contributed by atoms with Crippen molar-refractivity contribution in [3.05, 3.63) is 59.2 Å². The van der Waals surface area contributed by atoms with Crippen LogP contribution >= 0.6 is 24.8 Å². The van der Waals surface area contributed by atoms with Gasteiger partial charge in [0.05, 0.1) is 13.2 Å². The highest BCUT2D eigenvalue weighted by atomic mass is 35.5. The van der Waals surface area contributed by atoms with Gasteiger partial charge in [0, 0.05) is 13.1 Å². The molecule has 0 heterocycles. The van der Waals surface area contributed by atoms with Crippen LogP contribution in [0.2, 0.25) is 0 Å². The molecular formula is C22H34Cl2N2O3. The van der Waals surface area contributed by atoms with Gasteiger partial charge in [0.1, 0.15) is 6.61 Å². The number of aliphatic hydroxyl groups excluding tert-OH is 1. The highest BCUT2D eigenvalue weighted by Crippen LogP contribution is 2.29. The Morgan fingerprint density at radius 2 is 1.52 bits per heavy atom. The van der Waals surface area contributed by atoms with Crippen LogP contribution in [0.3, 0.4) is 0 Å². The maximum absolute atomic E-state index is 8.72. The van der Waals surface area contributed by atoms with Gasteiger partial charge in [0.2, 0.25) is 0 Å². The van der Waals surface area contributed by atoms with Crippen LogP contribution in [0.15, 0.2) is 42.5 Å². The van der Waals surface area contributed by atoms with E-state index in [1.54, 1.807) is 0 Å². The normalized spacial score (nSPS) is 10.0. The number of hydrogen-bond donors (Lipinski definition) is 3. The van der Waals surface area contributed by atoms with E-state index in [9.17, 15) is 0 Å². The van der Waals surface area contributed by atoms with Crippen LogP contribution in [0.4, 0.5) is 0 Å². The number of aryl methyl sites for hydroxylation is 1. The quantitative estimate of drug-likeness (QED) is 0.409. The molecule has 0 aliphatic rings. The highest BCUT2D eigenvalue weighted by Gasteiger charge is 2.07. The van der Waals surface area contributed by atoms with Crippen molar-refractivity contribution in [3.63, 3.8) is 0 Å². The van der Waals surface area contributed by atoms with Crippen LogP contribution in [0.25, 0.3) is 0 Å². The number of halogens is 2. The molecule has 0 saturated heterocycles. The van der Waals surface area contributed by atoms with E-state index in [1.165, 1.54) is 11.1 Å². The van der Waals surface area contributed by atoms with Gasteiger partial charge >= 0.3 is 0 Å². The molecule has 2 aromatic rings. The van der Waals surface area contributed by atoms with Crippen molar-refractivity contribution in [3.8, 4) is 11.5 Å². The third kappa shape index (κ3) is 10.7. The largest absolute Gasteiger partial charge is 0.490 e. The lowest BCUT2D eigenvalue weighted by Gasteiger charge is -2.14. The van der Waals surface area contributed by atoms with Gasteiger partial charge < -0.3 is 25.2 Å². The summed E-state index contributed by atoms with van der Waals surface area (Å²) >= 11 is 0. The second-order valence-electron chi connectivity index (χ2n) is 6.49. The SMILES string of the molecule is CCOc1cc(CNCCCNCCO)ccc1OCc1ccc(C)cc1.Cl.Cl. The van der Waals surface area contributed by atoms with Crippen molar-refractivity contribution in [1.82, 2.24) is 10.6 Å². The fraction of sp³-hybridized carbons (Fsp3) is 0.455. The zero-order valence-corrected chi connectivity index (χ0v) is 18.9. The highest BCUT2D eigenvalue weighted by molar-refractivity contribution is 5.85. The molecule has 0 aliphatic heterocycles. The predicted molar refractivity (Wildman–Crippen MR) is 124 cm³/mol. The minimum absolute atomic E-state index is 0. The Bertz CT molecular complexity index is 670. The number of rotatable bonds is 13. The fourth-order valence-corrected chi connectivity index (χ4v) is 2.67. The summed E-state index contributed by atoms with van der Waals surface area (Å²) in [6.45, 7) is 8.65. The first kappa shape index (κ1) is 27.5. The van der Waals surface area contributed by atoms with E-state index < -0.39 is 0 Å². The summed E-state index contributed by atoms with van der Waals surface area (Å²) in [7, 11) is 0. The smallest absolute Gasteiger partial charge is 0.161 e. The Morgan fingerprint density at radius 3 is 2.21 bits per heavy atom. The number of aliphatic hydroxyl groups is 1. The molecule has 2 rings (SSSR count). The molecule has 164 valence electrons. The van der Waals surface area contributed by atoms with E-state index in [4.69, 9.17) is 14.6 Å². The summed E-state index contributed by atoms with van der Waals surface area (Å²) in [5.41, 5.74) is 3.56. The van der Waals surface area contributed by atoms with Crippen LogP contribution in [0.1, 0.15) is 30.0 Å². The minimum atomic E-state index is 0. The fourth-order valence-electron chi connectivity index (χ4n) is 2.67. The molecule has 0 bridgehead atoms. The third-order valence-corrected chi connectivity index (χ3v) is 4.15. The van der Waals surface area contributed by atoms with E-state index >= 15 is 0 Å². The van der Waals surface area contributed by atoms with Crippen LogP contribution in [-0.2, 0) is 13.2 Å². The van der Waals surface area contributed by atoms with Crippen molar-refractivity contribution >= 4 is 24.8 Å². The Labute approximate surface area is 187 Å². The topological polar surface area (TPSA) is 62.8 Å². The van der Waals surface area contributed by atoms with Gasteiger partial charge in [-0.25, -0.2) is 0 Å². The molecule has 2 aromatic carbocycles. The Morgan fingerprint density at radius 1 is 0.828 bits per heavy atom. The van der Waals surface area contributed by atoms with Gasteiger partial charge in [-0.05, 0) is 56.6 Å². The van der Waals surface area contributed by atoms with Crippen molar-refractivity contribution in [2.24, 2.45) is 0 Å². The molecule has 0 radical (unpaired) electrons. The van der Waals surface area contributed by atoms with Gasteiger partial charge in [0.25, 0.3) is 0 Å². The van der Waals surface area contributed by atoms with Crippen molar-refractivity contribution < 1.29 is 14.6 Å². The molecule has 0 atom stereocenters. The summed E-state index contributed by atoms with van der Waals surface area (Å²) < 4.78 is 11.7. The van der Waals surface area contributed by atoms with Crippen LogP contribution < -0.4 is 20.1 Å². The lowest BCUT2D eigenvalue weighted by atomic mass is 10.1. The van der Waals surface area contributed by atoms with E-state index in [0.29, 0.717) is 19.8 Å². The third-order valence-electron chi connectivity index (χ3n) is 4.15. The molecule has 29 heavy (non-hydrogen) atoms. The molecule has 0 amide bonds. The van der Waals surface area contributed by atoms with Crippen molar-refractivity contribution in [2.75, 3.05) is 32.8 Å². The molecule has 7 heteroatoms. The first-order valence-electron chi connectivity index (χ1n) is 9.69. The average Bonchev–Trinajstić information content (AvgIpc) is 2.68. The predicted octanol–water partition coefficient (Wildman–Crippen LogP) is 3.88. The zero-order valence-electron chi connectivity index (χ0n) is 17.3. The standard InChI is InChI=1S/C22H32N2O3.2ClH/c1-3-26-22-15-20(16-24-12-4-11-23-13-14-25)9-10-21(22)27-17-19-7-5-18(2)6-8-19;;/h5-10,15,23-25H,3-4,11-14,16-17H2,1-2H3;2*1H. The summed E-state index contributed by atoms with van der Waals surface area (Å²) in [6.07, 6.45) is 1.02. The first-order valence-corrected chi connectivity index (χ1v) is 9.69. The van der Waals surface area contributed by atoms with Crippen molar-refractivity contribution in [1.29, 1.82) is 0 Å². The Balaban J connectivity index is 0.00000392. The number of benzene rings is 2. The molecule has 0 saturated carbocycles. The minimum Gasteiger partial charge on any atom is -0.490 e. The first-order chi connectivity index (χ1) is 13.2. The molecule has 0 spiro atoms. The van der Waals surface area contributed by atoms with Crippen LogP contribution in [-0.4, -0.2) is 38.0 Å². The molecule has 3 N–H and O–H groups in total. The summed E-state index contributed by atoms with van der Waals surface area (Å²) in [5, 5.41) is 15.3. The summed E-state index contributed by atoms with van der Waals surface area (Å²) in [5.74, 6) is 1.56. The Kier molecular flexibility index (Phi) is 15.5. The molecule has 0 fully saturated rings. The average molecular weight is 445 g/mol. The number of hydrogen-bond acceptors (Lipinski definition) is 5. The summed E-state index contributed by atoms with van der Waals surface area (Å²) in [4.78, 5) is 0. The lowest BCUT2D eigenvalue weighted by molar-refractivity contribution is 0.269. The van der Waals surface area contributed by atoms with E-state index in [-0.39, 0.29) is 31.4 Å². The number of nitrogens with one attached hydrogen (secondary N) is 2. The van der Waals surface area contributed by atoms with Gasteiger partial charge in [-0.15, -0.1) is 24.8 Å².